The van der Waals surface area contributed by atoms with Gasteiger partial charge in [0, 0.05) is 37.5 Å². The van der Waals surface area contributed by atoms with Crippen molar-refractivity contribution >= 4 is 11.4 Å². The third-order valence-electron chi connectivity index (χ3n) is 5.29. The Bertz CT molecular complexity index is 1290. The van der Waals surface area contributed by atoms with Crippen molar-refractivity contribution in [2.45, 2.75) is 26.4 Å². The van der Waals surface area contributed by atoms with Crippen LogP contribution in [0.2, 0.25) is 0 Å². The van der Waals surface area contributed by atoms with Gasteiger partial charge < -0.3 is 19.4 Å². The Morgan fingerprint density at radius 2 is 1.76 bits per heavy atom. The number of carbonyl (C=O) groups is 1. The molecule has 0 saturated heterocycles. The van der Waals surface area contributed by atoms with Crippen LogP contribution < -0.4 is 20.3 Å². The van der Waals surface area contributed by atoms with Gasteiger partial charge in [0.1, 0.15) is 17.0 Å². The van der Waals surface area contributed by atoms with Gasteiger partial charge in [0.25, 0.3) is 5.56 Å². The van der Waals surface area contributed by atoms with Crippen LogP contribution in [0.1, 0.15) is 18.9 Å². The normalized spacial score (nSPS) is 10.8. The van der Waals surface area contributed by atoms with Gasteiger partial charge in [-0.25, -0.2) is 4.52 Å². The fourth-order valence-electron chi connectivity index (χ4n) is 3.49. The largest absolute Gasteiger partial charge is 0.497 e. The zero-order valence-electron chi connectivity index (χ0n) is 18.7. The Labute approximate surface area is 191 Å². The van der Waals surface area contributed by atoms with E-state index in [2.05, 4.69) is 10.4 Å². The predicted molar refractivity (Wildman–Crippen MR) is 126 cm³/mol. The topological polar surface area (TPSA) is 86.9 Å². The van der Waals surface area contributed by atoms with Crippen LogP contribution in [-0.4, -0.2) is 33.8 Å². The maximum atomic E-state index is 12.9. The molecule has 0 unspecified atom stereocenters. The number of benzene rings is 2. The van der Waals surface area contributed by atoms with Gasteiger partial charge in [-0.1, -0.05) is 12.1 Å². The van der Waals surface area contributed by atoms with Gasteiger partial charge in [-0.2, -0.15) is 5.10 Å². The van der Waals surface area contributed by atoms with Crippen LogP contribution in [0.25, 0.3) is 16.8 Å². The molecule has 1 N–H and O–H groups in total. The highest BCUT2D eigenvalue weighted by Gasteiger charge is 2.11. The monoisotopic (exact) mass is 446 g/mol. The van der Waals surface area contributed by atoms with E-state index in [0.29, 0.717) is 24.4 Å². The Morgan fingerprint density at radius 1 is 1.03 bits per heavy atom. The van der Waals surface area contributed by atoms with Crippen molar-refractivity contribution < 1.29 is 14.3 Å². The number of nitrogens with zero attached hydrogens (tertiary/aromatic N) is 3. The van der Waals surface area contributed by atoms with Crippen LogP contribution in [0, 0.1) is 0 Å². The van der Waals surface area contributed by atoms with E-state index in [1.807, 2.05) is 55.5 Å². The van der Waals surface area contributed by atoms with E-state index in [-0.39, 0.29) is 24.4 Å². The third kappa shape index (κ3) is 5.23. The minimum Gasteiger partial charge on any atom is -0.497 e. The summed E-state index contributed by atoms with van der Waals surface area (Å²) in [7, 11) is 1.61. The molecule has 1 amide bonds. The van der Waals surface area contributed by atoms with Crippen molar-refractivity contribution in [2.75, 3.05) is 13.7 Å². The predicted octanol–water partition coefficient (Wildman–Crippen LogP) is 3.28. The molecule has 8 heteroatoms. The first-order chi connectivity index (χ1) is 16.1. The molecule has 0 aliphatic heterocycles. The van der Waals surface area contributed by atoms with Crippen LogP contribution in [0.15, 0.2) is 71.8 Å². The summed E-state index contributed by atoms with van der Waals surface area (Å²) in [5, 5.41) is 7.38. The molecule has 0 saturated carbocycles. The second kappa shape index (κ2) is 10.0. The summed E-state index contributed by atoms with van der Waals surface area (Å²) in [4.78, 5) is 25.2. The highest BCUT2D eigenvalue weighted by molar-refractivity contribution is 5.75. The van der Waals surface area contributed by atoms with Crippen molar-refractivity contribution in [3.63, 3.8) is 0 Å². The van der Waals surface area contributed by atoms with E-state index in [4.69, 9.17) is 9.47 Å². The first-order valence-electron chi connectivity index (χ1n) is 10.8. The number of nitrogens with one attached hydrogen (secondary N) is 1. The van der Waals surface area contributed by atoms with Crippen LogP contribution in [0.5, 0.6) is 11.5 Å². The van der Waals surface area contributed by atoms with Gasteiger partial charge >= 0.3 is 0 Å². The molecular weight excluding hydrogens is 420 g/mol. The molecule has 4 aromatic rings. The molecule has 0 bridgehead atoms. The standard InChI is InChI=1S/C25H26N4O4/c1-3-33-21-10-6-19(7-11-21)22-16-23-25(31)28(14-15-29(23)27-22)13-12-24(30)26-17-18-4-8-20(32-2)9-5-18/h4-11,14-16H,3,12-13,17H2,1-2H3,(H,26,30). The maximum Gasteiger partial charge on any atom is 0.276 e. The second-order valence-corrected chi connectivity index (χ2v) is 7.49. The Morgan fingerprint density at radius 3 is 2.45 bits per heavy atom. The molecule has 0 spiro atoms. The number of ether oxygens (including phenoxy) is 2. The van der Waals surface area contributed by atoms with E-state index in [1.165, 1.54) is 4.57 Å². The summed E-state index contributed by atoms with van der Waals surface area (Å²) in [5.74, 6) is 1.43. The van der Waals surface area contributed by atoms with Crippen LogP contribution in [0.4, 0.5) is 0 Å². The van der Waals surface area contributed by atoms with E-state index in [9.17, 15) is 9.59 Å². The Kier molecular flexibility index (Phi) is 6.73. The van der Waals surface area contributed by atoms with Crippen LogP contribution in [-0.2, 0) is 17.9 Å². The second-order valence-electron chi connectivity index (χ2n) is 7.49. The van der Waals surface area contributed by atoms with Gasteiger partial charge in [-0.15, -0.1) is 0 Å². The number of methoxy groups -OCH3 is 1. The molecule has 8 nitrogen and oxygen atoms in total. The fraction of sp³-hybridized carbons (Fsp3) is 0.240. The highest BCUT2D eigenvalue weighted by Crippen LogP contribution is 2.22. The number of aromatic nitrogens is 3. The summed E-state index contributed by atoms with van der Waals surface area (Å²) in [6.07, 6.45) is 3.58. The molecule has 2 aromatic heterocycles. The SMILES string of the molecule is CCOc1ccc(-c2cc3c(=O)n(CCC(=O)NCc4ccc(OC)cc4)ccn3n2)cc1. The molecule has 33 heavy (non-hydrogen) atoms. The summed E-state index contributed by atoms with van der Waals surface area (Å²) in [5.41, 5.74) is 2.84. The number of amides is 1. The number of aryl methyl sites for hydroxylation is 1. The zero-order valence-corrected chi connectivity index (χ0v) is 18.7. The fourth-order valence-corrected chi connectivity index (χ4v) is 3.49. The minimum absolute atomic E-state index is 0.124. The highest BCUT2D eigenvalue weighted by atomic mass is 16.5. The Balaban J connectivity index is 1.40. The summed E-state index contributed by atoms with van der Waals surface area (Å²) in [6, 6.07) is 16.9. The van der Waals surface area contributed by atoms with Crippen LogP contribution in [0.3, 0.4) is 0 Å². The lowest BCUT2D eigenvalue weighted by Gasteiger charge is -2.08. The molecular formula is C25H26N4O4. The minimum atomic E-state index is -0.190. The lowest BCUT2D eigenvalue weighted by atomic mass is 10.1. The summed E-state index contributed by atoms with van der Waals surface area (Å²) < 4.78 is 13.7. The molecule has 0 atom stereocenters. The smallest absolute Gasteiger partial charge is 0.276 e. The molecule has 0 fully saturated rings. The van der Waals surface area contributed by atoms with Crippen LogP contribution >= 0.6 is 0 Å². The third-order valence-corrected chi connectivity index (χ3v) is 5.29. The maximum absolute atomic E-state index is 12.9. The molecule has 2 aromatic carbocycles. The van der Waals surface area contributed by atoms with E-state index >= 15 is 0 Å². The number of hydrogen-bond donors (Lipinski definition) is 1. The van der Waals surface area contributed by atoms with Gasteiger partial charge in [-0.05, 0) is 55.0 Å². The van der Waals surface area contributed by atoms with E-state index in [1.54, 1.807) is 30.1 Å². The van der Waals surface area contributed by atoms with Gasteiger partial charge in [0.2, 0.25) is 5.91 Å². The number of carbonyl (C=O) groups excluding carboxylic acids is 1. The zero-order chi connectivity index (χ0) is 23.2. The number of rotatable bonds is 9. The average molecular weight is 447 g/mol. The Hall–Kier alpha value is -4.07. The van der Waals surface area contributed by atoms with Crippen molar-refractivity contribution in [1.82, 2.24) is 19.5 Å². The molecule has 2 heterocycles. The van der Waals surface area contributed by atoms with Gasteiger partial charge in [-0.3, -0.25) is 9.59 Å². The molecule has 0 radical (unpaired) electrons. The molecule has 0 aliphatic rings. The summed E-state index contributed by atoms with van der Waals surface area (Å²) in [6.45, 7) is 3.25. The molecule has 0 aliphatic carbocycles. The van der Waals surface area contributed by atoms with Crippen molar-refractivity contribution in [1.29, 1.82) is 0 Å². The van der Waals surface area contributed by atoms with E-state index < -0.39 is 0 Å². The quantitative estimate of drug-likeness (QED) is 0.426. The number of hydrogen-bond acceptors (Lipinski definition) is 5. The van der Waals surface area contributed by atoms with Gasteiger partial charge in [0.15, 0.2) is 0 Å². The number of fused-ring (bicyclic) bond motifs is 1. The average Bonchev–Trinajstić information content (AvgIpc) is 3.28. The lowest BCUT2D eigenvalue weighted by molar-refractivity contribution is -0.121. The van der Waals surface area contributed by atoms with Crippen molar-refractivity contribution in [3.05, 3.63) is 82.9 Å². The molecule has 170 valence electrons. The first kappa shape index (κ1) is 22.1. The van der Waals surface area contributed by atoms with E-state index in [0.717, 1.165) is 22.6 Å². The molecule has 4 rings (SSSR count). The van der Waals surface area contributed by atoms with Crippen molar-refractivity contribution in [3.8, 4) is 22.8 Å². The van der Waals surface area contributed by atoms with Crippen molar-refractivity contribution in [2.24, 2.45) is 0 Å². The van der Waals surface area contributed by atoms with Gasteiger partial charge in [0.05, 0.1) is 19.4 Å². The summed E-state index contributed by atoms with van der Waals surface area (Å²) >= 11 is 0. The lowest BCUT2D eigenvalue weighted by Crippen LogP contribution is -2.27. The first-order valence-corrected chi connectivity index (χ1v) is 10.8.